The Morgan fingerprint density at radius 2 is 2.00 bits per heavy atom. The first-order valence-corrected chi connectivity index (χ1v) is 3.97. The predicted octanol–water partition coefficient (Wildman–Crippen LogP) is 1.46. The van der Waals surface area contributed by atoms with Gasteiger partial charge < -0.3 is 10.6 Å². The van der Waals surface area contributed by atoms with Crippen molar-refractivity contribution < 1.29 is 0 Å². The van der Waals surface area contributed by atoms with E-state index in [2.05, 4.69) is 31.1 Å². The Labute approximate surface area is 63.7 Å². The normalized spacial score (nSPS) is 9.00. The average molecular weight is 142 g/mol. The van der Waals surface area contributed by atoms with Gasteiger partial charge in [0.1, 0.15) is 0 Å². The van der Waals surface area contributed by atoms with Crippen molar-refractivity contribution in [3.8, 4) is 0 Å². The summed E-state index contributed by atoms with van der Waals surface area (Å²) in [5, 5.41) is 6.28. The molecule has 0 aromatic heterocycles. The van der Waals surface area contributed by atoms with E-state index in [9.17, 15) is 0 Å². The number of rotatable bonds is 6. The summed E-state index contributed by atoms with van der Waals surface area (Å²) >= 11 is 0. The van der Waals surface area contributed by atoms with Crippen molar-refractivity contribution in [2.24, 2.45) is 0 Å². The van der Waals surface area contributed by atoms with Crippen molar-refractivity contribution in [3.05, 3.63) is 12.4 Å². The zero-order valence-electron chi connectivity index (χ0n) is 7.04. The molecule has 2 heteroatoms. The third-order valence-corrected chi connectivity index (χ3v) is 1.26. The summed E-state index contributed by atoms with van der Waals surface area (Å²) in [5.41, 5.74) is 0. The smallest absolute Gasteiger partial charge is 0.0912 e. The number of unbranched alkanes of at least 4 members (excludes halogenated alkanes) is 1. The summed E-state index contributed by atoms with van der Waals surface area (Å²) < 4.78 is 0. The van der Waals surface area contributed by atoms with Crippen LogP contribution in [0, 0.1) is 0 Å². The van der Waals surface area contributed by atoms with Crippen LogP contribution in [-0.4, -0.2) is 13.1 Å². The lowest BCUT2D eigenvalue weighted by molar-refractivity contribution is 0.660. The van der Waals surface area contributed by atoms with Gasteiger partial charge in [-0.25, -0.2) is 0 Å². The van der Waals surface area contributed by atoms with Gasteiger partial charge in [0.05, 0.1) is 5.82 Å². The fourth-order valence-corrected chi connectivity index (χ4v) is 0.692. The second-order valence-corrected chi connectivity index (χ2v) is 2.29. The average Bonchev–Trinajstić information content (AvgIpc) is 1.89. The predicted molar refractivity (Wildman–Crippen MR) is 45.7 cm³/mol. The van der Waals surface area contributed by atoms with Gasteiger partial charge >= 0.3 is 0 Å². The lowest BCUT2D eigenvalue weighted by Crippen LogP contribution is -2.25. The molecule has 60 valence electrons. The molecule has 0 rings (SSSR count). The molecule has 0 bridgehead atoms. The van der Waals surface area contributed by atoms with E-state index in [0.29, 0.717) is 0 Å². The lowest BCUT2D eigenvalue weighted by Gasteiger charge is -2.08. The first-order valence-electron chi connectivity index (χ1n) is 3.97. The maximum atomic E-state index is 3.79. The minimum Gasteiger partial charge on any atom is -0.373 e. The quantitative estimate of drug-likeness (QED) is 0.549. The molecule has 0 unspecified atom stereocenters. The highest BCUT2D eigenvalue weighted by Crippen LogP contribution is 1.84. The SMILES string of the molecule is C=C(NCC)NCCCC. The molecular weight excluding hydrogens is 124 g/mol. The maximum absolute atomic E-state index is 3.79. The Hall–Kier alpha value is -0.660. The summed E-state index contributed by atoms with van der Waals surface area (Å²) in [6.45, 7) is 10.0. The van der Waals surface area contributed by atoms with Crippen LogP contribution in [0.3, 0.4) is 0 Å². The molecule has 0 amide bonds. The van der Waals surface area contributed by atoms with Crippen molar-refractivity contribution in [2.45, 2.75) is 26.7 Å². The van der Waals surface area contributed by atoms with Crippen LogP contribution < -0.4 is 10.6 Å². The highest BCUT2D eigenvalue weighted by molar-refractivity contribution is 4.86. The zero-order chi connectivity index (χ0) is 7.82. The van der Waals surface area contributed by atoms with E-state index >= 15 is 0 Å². The summed E-state index contributed by atoms with van der Waals surface area (Å²) in [7, 11) is 0. The fraction of sp³-hybridized carbons (Fsp3) is 0.750. The first-order chi connectivity index (χ1) is 4.81. The topological polar surface area (TPSA) is 24.1 Å². The van der Waals surface area contributed by atoms with Gasteiger partial charge in [-0.2, -0.15) is 0 Å². The van der Waals surface area contributed by atoms with Crippen molar-refractivity contribution in [3.63, 3.8) is 0 Å². The van der Waals surface area contributed by atoms with Crippen LogP contribution in [0.4, 0.5) is 0 Å². The molecule has 0 saturated carbocycles. The Morgan fingerprint density at radius 3 is 2.50 bits per heavy atom. The van der Waals surface area contributed by atoms with Gasteiger partial charge in [-0.15, -0.1) is 0 Å². The van der Waals surface area contributed by atoms with Crippen LogP contribution in [0.15, 0.2) is 12.4 Å². The Balaban J connectivity index is 3.05. The summed E-state index contributed by atoms with van der Waals surface area (Å²) in [4.78, 5) is 0. The highest BCUT2D eigenvalue weighted by atomic mass is 15.1. The van der Waals surface area contributed by atoms with Crippen LogP contribution in [-0.2, 0) is 0 Å². The Bertz CT molecular complexity index is 89.3. The zero-order valence-corrected chi connectivity index (χ0v) is 7.04. The molecule has 0 radical (unpaired) electrons. The van der Waals surface area contributed by atoms with Gasteiger partial charge in [0.15, 0.2) is 0 Å². The molecule has 0 fully saturated rings. The van der Waals surface area contributed by atoms with E-state index in [-0.39, 0.29) is 0 Å². The Kier molecular flexibility index (Phi) is 6.03. The fourth-order valence-electron chi connectivity index (χ4n) is 0.692. The minimum atomic E-state index is 0.941. The molecule has 0 saturated heterocycles. The number of hydrogen-bond donors (Lipinski definition) is 2. The third kappa shape index (κ3) is 5.48. The van der Waals surface area contributed by atoms with Gasteiger partial charge in [0.2, 0.25) is 0 Å². The lowest BCUT2D eigenvalue weighted by atomic mass is 10.3. The molecule has 0 aliphatic rings. The molecule has 0 heterocycles. The molecular formula is C8H18N2. The van der Waals surface area contributed by atoms with Gasteiger partial charge in [-0.05, 0) is 13.3 Å². The summed E-state index contributed by atoms with van der Waals surface area (Å²) in [5.74, 6) is 0.941. The molecule has 0 atom stereocenters. The van der Waals surface area contributed by atoms with Gasteiger partial charge in [-0.3, -0.25) is 0 Å². The highest BCUT2D eigenvalue weighted by Gasteiger charge is 1.86. The van der Waals surface area contributed by atoms with Crippen molar-refractivity contribution >= 4 is 0 Å². The summed E-state index contributed by atoms with van der Waals surface area (Å²) in [6.07, 6.45) is 2.44. The molecule has 0 spiro atoms. The van der Waals surface area contributed by atoms with Gasteiger partial charge in [-0.1, -0.05) is 19.9 Å². The van der Waals surface area contributed by atoms with Crippen LogP contribution >= 0.6 is 0 Å². The number of hydrogen-bond acceptors (Lipinski definition) is 2. The molecule has 0 aliphatic carbocycles. The standard InChI is InChI=1S/C8H18N2/c1-4-6-7-10-8(3)9-5-2/h9-10H,3-7H2,1-2H3. The van der Waals surface area contributed by atoms with Gasteiger partial charge in [0, 0.05) is 13.1 Å². The van der Waals surface area contributed by atoms with E-state index in [1.807, 2.05) is 0 Å². The first kappa shape index (κ1) is 9.34. The monoisotopic (exact) mass is 142 g/mol. The molecule has 10 heavy (non-hydrogen) atoms. The van der Waals surface area contributed by atoms with Crippen LogP contribution in [0.5, 0.6) is 0 Å². The number of nitrogens with one attached hydrogen (secondary N) is 2. The van der Waals surface area contributed by atoms with Crippen LogP contribution in [0.2, 0.25) is 0 Å². The third-order valence-electron chi connectivity index (χ3n) is 1.26. The van der Waals surface area contributed by atoms with E-state index in [1.54, 1.807) is 0 Å². The largest absolute Gasteiger partial charge is 0.373 e. The molecule has 2 nitrogen and oxygen atoms in total. The minimum absolute atomic E-state index is 0.941. The van der Waals surface area contributed by atoms with E-state index < -0.39 is 0 Å². The van der Waals surface area contributed by atoms with Gasteiger partial charge in [0.25, 0.3) is 0 Å². The Morgan fingerprint density at radius 1 is 1.30 bits per heavy atom. The summed E-state index contributed by atoms with van der Waals surface area (Å²) in [6, 6.07) is 0. The van der Waals surface area contributed by atoms with E-state index in [0.717, 1.165) is 18.9 Å². The van der Waals surface area contributed by atoms with E-state index in [1.165, 1.54) is 12.8 Å². The second-order valence-electron chi connectivity index (χ2n) is 2.29. The van der Waals surface area contributed by atoms with Crippen molar-refractivity contribution in [1.82, 2.24) is 10.6 Å². The van der Waals surface area contributed by atoms with Crippen molar-refractivity contribution in [1.29, 1.82) is 0 Å². The van der Waals surface area contributed by atoms with Crippen LogP contribution in [0.1, 0.15) is 26.7 Å². The maximum Gasteiger partial charge on any atom is 0.0912 e. The van der Waals surface area contributed by atoms with Crippen LogP contribution in [0.25, 0.3) is 0 Å². The molecule has 0 aliphatic heterocycles. The molecule has 2 N–H and O–H groups in total. The molecule has 0 aromatic carbocycles. The molecule has 0 aromatic rings. The second kappa shape index (κ2) is 6.46. The van der Waals surface area contributed by atoms with E-state index in [4.69, 9.17) is 0 Å². The van der Waals surface area contributed by atoms with Crippen molar-refractivity contribution in [2.75, 3.05) is 13.1 Å².